The number of hydrogen-bond acceptors (Lipinski definition) is 4. The molecule has 0 atom stereocenters. The second kappa shape index (κ2) is 5.69. The lowest BCUT2D eigenvalue weighted by Gasteiger charge is -2.28. The number of nitrogens with zero attached hydrogens (tertiary/aromatic N) is 1. The van der Waals surface area contributed by atoms with Crippen molar-refractivity contribution in [2.24, 2.45) is 0 Å². The number of nitrogens with one attached hydrogen (secondary N) is 1. The Kier molecular flexibility index (Phi) is 4.47. The van der Waals surface area contributed by atoms with Crippen LogP contribution in [0.2, 0.25) is 0 Å². The summed E-state index contributed by atoms with van der Waals surface area (Å²) < 4.78 is 0. The van der Waals surface area contributed by atoms with Crippen LogP contribution in [0.3, 0.4) is 0 Å². The fourth-order valence-electron chi connectivity index (χ4n) is 1.68. The van der Waals surface area contributed by atoms with Crippen LogP contribution in [0.15, 0.2) is 18.2 Å². The molecule has 0 aliphatic carbocycles. The number of nitrogens with two attached hydrogens (primary N) is 1. The number of nitro groups is 1. The summed E-state index contributed by atoms with van der Waals surface area (Å²) in [5, 5.41) is 13.7. The van der Waals surface area contributed by atoms with Crippen LogP contribution in [0.5, 0.6) is 0 Å². The van der Waals surface area contributed by atoms with Gasteiger partial charge in [0.1, 0.15) is 5.69 Å². The van der Waals surface area contributed by atoms with Gasteiger partial charge in [0.2, 0.25) is 0 Å². The first-order chi connectivity index (χ1) is 8.84. The van der Waals surface area contributed by atoms with Crippen LogP contribution in [0.1, 0.15) is 44.0 Å². The number of carbonyl (C=O) groups is 1. The quantitative estimate of drug-likeness (QED) is 0.485. The summed E-state index contributed by atoms with van der Waals surface area (Å²) in [6, 6.07) is 4.23. The van der Waals surface area contributed by atoms with Gasteiger partial charge in [-0.1, -0.05) is 19.9 Å². The molecule has 0 radical (unpaired) electrons. The van der Waals surface area contributed by atoms with Crippen molar-refractivity contribution in [2.75, 3.05) is 5.73 Å². The fourth-order valence-corrected chi connectivity index (χ4v) is 1.68. The van der Waals surface area contributed by atoms with Crippen LogP contribution in [-0.4, -0.2) is 16.4 Å². The molecular weight excluding hydrogens is 246 g/mol. The van der Waals surface area contributed by atoms with Gasteiger partial charge in [0, 0.05) is 11.6 Å². The van der Waals surface area contributed by atoms with Crippen molar-refractivity contribution in [3.8, 4) is 0 Å². The van der Waals surface area contributed by atoms with Crippen molar-refractivity contribution in [2.45, 2.75) is 39.2 Å². The van der Waals surface area contributed by atoms with Crippen molar-refractivity contribution in [1.82, 2.24) is 5.32 Å². The maximum Gasteiger partial charge on any atom is 0.292 e. The normalized spacial score (nSPS) is 11.1. The van der Waals surface area contributed by atoms with Gasteiger partial charge in [-0.3, -0.25) is 14.9 Å². The van der Waals surface area contributed by atoms with E-state index in [4.69, 9.17) is 5.73 Å². The zero-order chi connectivity index (χ0) is 14.6. The molecule has 0 spiro atoms. The van der Waals surface area contributed by atoms with Crippen LogP contribution in [0.4, 0.5) is 11.4 Å². The lowest BCUT2D eigenvalue weighted by molar-refractivity contribution is -0.383. The summed E-state index contributed by atoms with van der Waals surface area (Å²) in [6.45, 7) is 5.87. The Bertz CT molecular complexity index is 496. The predicted molar refractivity (Wildman–Crippen MR) is 74.0 cm³/mol. The summed E-state index contributed by atoms with van der Waals surface area (Å²) in [7, 11) is 0. The lowest BCUT2D eigenvalue weighted by Crippen LogP contribution is -2.45. The number of nitro benzene ring substituents is 1. The first-order valence-corrected chi connectivity index (χ1v) is 6.20. The van der Waals surface area contributed by atoms with Crippen LogP contribution in [-0.2, 0) is 0 Å². The van der Waals surface area contributed by atoms with Crippen molar-refractivity contribution in [3.05, 3.63) is 33.9 Å². The number of para-hydroxylation sites is 1. The number of nitrogen functional groups attached to an aromatic ring is 1. The van der Waals surface area contributed by atoms with Gasteiger partial charge in [-0.05, 0) is 25.8 Å². The second-order valence-electron chi connectivity index (χ2n) is 4.72. The zero-order valence-electron chi connectivity index (χ0n) is 11.4. The van der Waals surface area contributed by atoms with E-state index in [-0.39, 0.29) is 28.4 Å². The topological polar surface area (TPSA) is 98.3 Å². The van der Waals surface area contributed by atoms with E-state index in [9.17, 15) is 14.9 Å². The molecule has 19 heavy (non-hydrogen) atoms. The molecule has 6 nitrogen and oxygen atoms in total. The van der Waals surface area contributed by atoms with E-state index < -0.39 is 4.92 Å². The minimum absolute atomic E-state index is 0.0976. The SMILES string of the molecule is CCC(C)(CC)NC(=O)c1cccc([N+](=O)[O-])c1N. The highest BCUT2D eigenvalue weighted by Gasteiger charge is 2.25. The molecule has 0 heterocycles. The Morgan fingerprint density at radius 2 is 2.00 bits per heavy atom. The Labute approximate surface area is 112 Å². The molecule has 0 aromatic heterocycles. The summed E-state index contributed by atoms with van der Waals surface area (Å²) in [6.07, 6.45) is 1.54. The highest BCUT2D eigenvalue weighted by molar-refractivity contribution is 6.01. The van der Waals surface area contributed by atoms with Gasteiger partial charge < -0.3 is 11.1 Å². The molecule has 0 aliphatic rings. The molecular formula is C13H19N3O3. The minimum Gasteiger partial charge on any atom is -0.393 e. The van der Waals surface area contributed by atoms with E-state index in [1.807, 2.05) is 20.8 Å². The average molecular weight is 265 g/mol. The smallest absolute Gasteiger partial charge is 0.292 e. The van der Waals surface area contributed by atoms with Crippen LogP contribution in [0.25, 0.3) is 0 Å². The largest absolute Gasteiger partial charge is 0.393 e. The summed E-state index contributed by atoms with van der Waals surface area (Å²) in [4.78, 5) is 22.4. The zero-order valence-corrected chi connectivity index (χ0v) is 11.4. The van der Waals surface area contributed by atoms with Crippen LogP contribution < -0.4 is 11.1 Å². The third-order valence-corrected chi connectivity index (χ3v) is 3.50. The lowest BCUT2D eigenvalue weighted by atomic mass is 9.95. The van der Waals surface area contributed by atoms with E-state index in [0.29, 0.717) is 0 Å². The van der Waals surface area contributed by atoms with E-state index in [1.54, 1.807) is 0 Å². The van der Waals surface area contributed by atoms with Gasteiger partial charge in [-0.15, -0.1) is 0 Å². The average Bonchev–Trinajstić information content (AvgIpc) is 2.38. The van der Waals surface area contributed by atoms with E-state index >= 15 is 0 Å². The molecule has 0 bridgehead atoms. The molecule has 0 unspecified atom stereocenters. The predicted octanol–water partition coefficient (Wildman–Crippen LogP) is 2.49. The third-order valence-electron chi connectivity index (χ3n) is 3.50. The molecule has 6 heteroatoms. The second-order valence-corrected chi connectivity index (χ2v) is 4.72. The highest BCUT2D eigenvalue weighted by Crippen LogP contribution is 2.25. The van der Waals surface area contributed by atoms with Gasteiger partial charge in [0.05, 0.1) is 10.5 Å². The van der Waals surface area contributed by atoms with E-state index in [2.05, 4.69) is 5.32 Å². The summed E-state index contributed by atoms with van der Waals surface area (Å²) in [5.74, 6) is -0.382. The molecule has 0 aliphatic heterocycles. The number of carbonyl (C=O) groups excluding carboxylic acids is 1. The Hall–Kier alpha value is -2.11. The molecule has 104 valence electrons. The molecule has 0 saturated carbocycles. The van der Waals surface area contributed by atoms with Crippen molar-refractivity contribution in [1.29, 1.82) is 0 Å². The molecule has 0 fully saturated rings. The molecule has 1 amide bonds. The minimum atomic E-state index is -0.592. The number of anilines is 1. The van der Waals surface area contributed by atoms with E-state index in [1.165, 1.54) is 18.2 Å². The van der Waals surface area contributed by atoms with Gasteiger partial charge in [0.15, 0.2) is 0 Å². The van der Waals surface area contributed by atoms with Crippen molar-refractivity contribution < 1.29 is 9.72 Å². The van der Waals surface area contributed by atoms with Gasteiger partial charge >= 0.3 is 0 Å². The van der Waals surface area contributed by atoms with Crippen molar-refractivity contribution in [3.63, 3.8) is 0 Å². The van der Waals surface area contributed by atoms with Crippen molar-refractivity contribution >= 4 is 17.3 Å². The number of amides is 1. The Balaban J connectivity index is 3.08. The number of benzene rings is 1. The highest BCUT2D eigenvalue weighted by atomic mass is 16.6. The number of rotatable bonds is 5. The van der Waals surface area contributed by atoms with Gasteiger partial charge in [-0.25, -0.2) is 0 Å². The molecule has 1 aromatic carbocycles. The van der Waals surface area contributed by atoms with E-state index in [0.717, 1.165) is 12.8 Å². The summed E-state index contributed by atoms with van der Waals surface area (Å²) >= 11 is 0. The molecule has 3 N–H and O–H groups in total. The standard InChI is InChI=1S/C13H19N3O3/c1-4-13(3,5-2)15-12(17)9-7-6-8-10(11(9)14)16(18)19/h6-8H,4-5,14H2,1-3H3,(H,15,17). The fraction of sp³-hybridized carbons (Fsp3) is 0.462. The monoisotopic (exact) mass is 265 g/mol. The Morgan fingerprint density at radius 1 is 1.42 bits per heavy atom. The maximum absolute atomic E-state index is 12.2. The van der Waals surface area contributed by atoms with Gasteiger partial charge in [-0.2, -0.15) is 0 Å². The Morgan fingerprint density at radius 3 is 2.47 bits per heavy atom. The molecule has 0 saturated heterocycles. The maximum atomic E-state index is 12.2. The third kappa shape index (κ3) is 3.21. The molecule has 1 rings (SSSR count). The van der Waals surface area contributed by atoms with Gasteiger partial charge in [0.25, 0.3) is 11.6 Å². The summed E-state index contributed by atoms with van der Waals surface area (Å²) in [5.41, 5.74) is 5.14. The molecule has 1 aromatic rings. The first-order valence-electron chi connectivity index (χ1n) is 6.20. The van der Waals surface area contributed by atoms with Crippen LogP contribution in [0, 0.1) is 10.1 Å². The van der Waals surface area contributed by atoms with Crippen LogP contribution >= 0.6 is 0 Å². The number of hydrogen-bond donors (Lipinski definition) is 2. The first kappa shape index (κ1) is 14.9.